The molecule has 1 aliphatic heterocycles. The van der Waals surface area contributed by atoms with Crippen LogP contribution < -0.4 is 4.74 Å². The van der Waals surface area contributed by atoms with Crippen LogP contribution in [0.5, 0.6) is 5.75 Å². The Labute approximate surface area is 154 Å². The van der Waals surface area contributed by atoms with Gasteiger partial charge in [0.1, 0.15) is 11.3 Å². The van der Waals surface area contributed by atoms with Crippen LogP contribution in [0.2, 0.25) is 0 Å². The smallest absolute Gasteiger partial charge is 0.280 e. The molecule has 0 saturated carbocycles. The number of ether oxygens (including phenoxy) is 1. The van der Waals surface area contributed by atoms with Gasteiger partial charge < -0.3 is 9.84 Å². The van der Waals surface area contributed by atoms with Crippen LogP contribution in [-0.2, 0) is 10.7 Å². The molecule has 0 saturated heterocycles. The zero-order valence-electron chi connectivity index (χ0n) is 14.2. The van der Waals surface area contributed by atoms with Gasteiger partial charge in [-0.15, -0.1) is 0 Å². The average molecular weight is 374 g/mol. The quantitative estimate of drug-likeness (QED) is 0.499. The largest absolute Gasteiger partial charge is 0.455 e. The van der Waals surface area contributed by atoms with Crippen LogP contribution in [0.1, 0.15) is 53.2 Å². The van der Waals surface area contributed by atoms with E-state index in [9.17, 15) is 20.0 Å². The fourth-order valence-corrected chi connectivity index (χ4v) is 4.18. The monoisotopic (exact) mass is 373 g/mol. The second kappa shape index (κ2) is 5.28. The van der Waals surface area contributed by atoms with Crippen molar-refractivity contribution < 1.29 is 19.6 Å². The molecule has 2 aromatic carbocycles. The molecule has 1 N–H and O–H groups in total. The van der Waals surface area contributed by atoms with Crippen molar-refractivity contribution in [2.24, 2.45) is 0 Å². The molecule has 26 heavy (non-hydrogen) atoms. The van der Waals surface area contributed by atoms with Gasteiger partial charge in [0, 0.05) is 17.2 Å². The molecule has 0 fully saturated rings. The summed E-state index contributed by atoms with van der Waals surface area (Å²) in [6.07, 6.45) is 0.905. The van der Waals surface area contributed by atoms with E-state index in [0.717, 1.165) is 12.0 Å². The maximum absolute atomic E-state index is 13.0. The molecule has 3 unspecified atom stereocenters. The highest BCUT2D eigenvalue weighted by Gasteiger charge is 2.72. The van der Waals surface area contributed by atoms with Crippen LogP contribution in [0.4, 0.5) is 5.69 Å². The molecule has 0 radical (unpaired) electrons. The van der Waals surface area contributed by atoms with Crippen LogP contribution >= 0.6 is 11.6 Å². The number of Topliss-reactive ketones (excluding diaryl/α,β-unsaturated/α-hetero) is 1. The van der Waals surface area contributed by atoms with Crippen molar-refractivity contribution >= 4 is 23.1 Å². The Morgan fingerprint density at radius 3 is 2.73 bits per heavy atom. The molecule has 3 atom stereocenters. The molecule has 134 valence electrons. The Morgan fingerprint density at radius 1 is 1.35 bits per heavy atom. The van der Waals surface area contributed by atoms with Gasteiger partial charge >= 0.3 is 0 Å². The number of alkyl halides is 1. The lowest BCUT2D eigenvalue weighted by Crippen LogP contribution is -2.44. The predicted octanol–water partition coefficient (Wildman–Crippen LogP) is 3.98. The number of aliphatic hydroxyl groups is 1. The summed E-state index contributed by atoms with van der Waals surface area (Å²) in [6.45, 7) is 4.10. The van der Waals surface area contributed by atoms with Gasteiger partial charge in [-0.2, -0.15) is 0 Å². The fourth-order valence-electron chi connectivity index (χ4n) is 3.78. The van der Waals surface area contributed by atoms with Crippen molar-refractivity contribution in [3.8, 4) is 5.75 Å². The Balaban J connectivity index is 1.96. The molecule has 1 heterocycles. The number of carbonyl (C=O) groups excluding carboxylic acids is 1. The first kappa shape index (κ1) is 17.0. The van der Waals surface area contributed by atoms with Gasteiger partial charge in [0.25, 0.3) is 11.5 Å². The van der Waals surface area contributed by atoms with Crippen LogP contribution in [-0.4, -0.2) is 15.8 Å². The van der Waals surface area contributed by atoms with Crippen LogP contribution in [0.25, 0.3) is 0 Å². The summed E-state index contributed by atoms with van der Waals surface area (Å²) in [5.74, 6) is -2.39. The summed E-state index contributed by atoms with van der Waals surface area (Å²) in [7, 11) is 0. The van der Waals surface area contributed by atoms with Crippen LogP contribution in [0.3, 0.4) is 0 Å². The Hall–Kier alpha value is -2.44. The maximum atomic E-state index is 13.0. The molecule has 1 aliphatic carbocycles. The summed E-state index contributed by atoms with van der Waals surface area (Å²) in [6, 6.07) is 9.29. The lowest BCUT2D eigenvalue weighted by molar-refractivity contribution is -0.387. The van der Waals surface area contributed by atoms with E-state index in [1.165, 1.54) is 18.2 Å². The number of benzene rings is 2. The first-order chi connectivity index (χ1) is 12.3. The van der Waals surface area contributed by atoms with E-state index in [4.69, 9.17) is 16.3 Å². The number of hydrogen-bond donors (Lipinski definition) is 1. The number of carbonyl (C=O) groups is 1. The molecule has 0 spiro atoms. The number of nitro groups is 1. The summed E-state index contributed by atoms with van der Waals surface area (Å²) in [5.41, 5.74) is 0.727. The number of ketones is 1. The van der Waals surface area contributed by atoms with Gasteiger partial charge in [0.15, 0.2) is 5.78 Å². The number of hydrogen-bond acceptors (Lipinski definition) is 5. The number of halogens is 1. The van der Waals surface area contributed by atoms with Gasteiger partial charge in [-0.1, -0.05) is 49.7 Å². The van der Waals surface area contributed by atoms with Crippen molar-refractivity contribution in [2.45, 2.75) is 36.8 Å². The summed E-state index contributed by atoms with van der Waals surface area (Å²) in [5, 5.41) is 22.7. The standard InChI is InChI=1S/C19H16ClNO5/c1-3-10(2)11-7-8-13-15(9-11)26-19(23)16-12(17(22)18(13,19)20)5-4-6-14(16)21(24)25/h4-10,23H,3H2,1-2H3. The summed E-state index contributed by atoms with van der Waals surface area (Å²) < 4.78 is 5.74. The molecular weight excluding hydrogens is 358 g/mol. The minimum absolute atomic E-state index is 0.00773. The first-order valence-electron chi connectivity index (χ1n) is 8.33. The van der Waals surface area contributed by atoms with E-state index in [2.05, 4.69) is 0 Å². The van der Waals surface area contributed by atoms with Gasteiger partial charge in [-0.05, 0) is 24.0 Å². The Bertz CT molecular complexity index is 974. The molecule has 0 bridgehead atoms. The zero-order valence-corrected chi connectivity index (χ0v) is 14.9. The van der Waals surface area contributed by atoms with Gasteiger partial charge in [0.05, 0.1) is 4.92 Å². The number of fused-ring (bicyclic) bond motifs is 5. The van der Waals surface area contributed by atoms with Gasteiger partial charge in [-0.3, -0.25) is 14.9 Å². The van der Waals surface area contributed by atoms with Crippen molar-refractivity contribution in [2.75, 3.05) is 0 Å². The van der Waals surface area contributed by atoms with Gasteiger partial charge in [0.2, 0.25) is 4.87 Å². The van der Waals surface area contributed by atoms with Crippen molar-refractivity contribution in [3.05, 3.63) is 68.8 Å². The lowest BCUT2D eigenvalue weighted by Gasteiger charge is -2.27. The van der Waals surface area contributed by atoms with Crippen molar-refractivity contribution in [1.82, 2.24) is 0 Å². The van der Waals surface area contributed by atoms with Crippen LogP contribution in [0, 0.1) is 10.1 Å². The summed E-state index contributed by atoms with van der Waals surface area (Å²) >= 11 is 6.65. The summed E-state index contributed by atoms with van der Waals surface area (Å²) in [4.78, 5) is 21.9. The molecule has 7 heteroatoms. The number of nitrogens with zero attached hydrogens (tertiary/aromatic N) is 1. The van der Waals surface area contributed by atoms with Gasteiger partial charge in [-0.25, -0.2) is 0 Å². The average Bonchev–Trinajstić information content (AvgIpc) is 2.96. The molecule has 2 aliphatic rings. The third-order valence-corrected chi connectivity index (χ3v) is 6.05. The van der Waals surface area contributed by atoms with E-state index in [-0.39, 0.29) is 22.8 Å². The highest BCUT2D eigenvalue weighted by atomic mass is 35.5. The normalized spacial score (nSPS) is 26.7. The third-order valence-electron chi connectivity index (χ3n) is 5.42. The molecule has 2 aromatic rings. The maximum Gasteiger partial charge on any atom is 0.280 e. The Morgan fingerprint density at radius 2 is 2.08 bits per heavy atom. The van der Waals surface area contributed by atoms with Crippen molar-refractivity contribution in [1.29, 1.82) is 0 Å². The van der Waals surface area contributed by atoms with Crippen molar-refractivity contribution in [3.63, 3.8) is 0 Å². The number of nitro benzene ring substituents is 1. The Kier molecular flexibility index (Phi) is 3.45. The molecule has 0 amide bonds. The molecular formula is C19H16ClNO5. The van der Waals surface area contributed by atoms with Crippen LogP contribution in [0.15, 0.2) is 36.4 Å². The lowest BCUT2D eigenvalue weighted by atomic mass is 9.89. The van der Waals surface area contributed by atoms with E-state index in [0.29, 0.717) is 5.56 Å². The zero-order chi connectivity index (χ0) is 18.9. The first-order valence-corrected chi connectivity index (χ1v) is 8.71. The minimum atomic E-state index is -2.32. The SMILES string of the molecule is CCC(C)c1ccc2c(c1)OC1(O)c3c(cccc3[N+](=O)[O-])C(=O)C21Cl. The molecule has 0 aromatic heterocycles. The molecule has 6 nitrogen and oxygen atoms in total. The fraction of sp³-hybridized carbons (Fsp3) is 0.316. The highest BCUT2D eigenvalue weighted by molar-refractivity contribution is 6.41. The number of rotatable bonds is 3. The second-order valence-electron chi connectivity index (χ2n) is 6.76. The molecule has 4 rings (SSSR count). The third kappa shape index (κ3) is 1.83. The van der Waals surface area contributed by atoms with E-state index < -0.39 is 27.1 Å². The highest BCUT2D eigenvalue weighted by Crippen LogP contribution is 2.63. The van der Waals surface area contributed by atoms with E-state index in [1.807, 2.05) is 19.9 Å². The topological polar surface area (TPSA) is 89.7 Å². The van der Waals surface area contributed by atoms with E-state index in [1.54, 1.807) is 12.1 Å². The van der Waals surface area contributed by atoms with E-state index >= 15 is 0 Å². The second-order valence-corrected chi connectivity index (χ2v) is 7.32. The predicted molar refractivity (Wildman–Crippen MR) is 94.6 cm³/mol. The minimum Gasteiger partial charge on any atom is -0.455 e.